The predicted octanol–water partition coefficient (Wildman–Crippen LogP) is -0.346. The lowest BCUT2D eigenvalue weighted by Crippen LogP contribution is -2.45. The molecule has 1 fully saturated rings. The lowest BCUT2D eigenvalue weighted by Gasteiger charge is -2.23. The summed E-state index contributed by atoms with van der Waals surface area (Å²) in [6.45, 7) is 3.28. The van der Waals surface area contributed by atoms with Gasteiger partial charge in [0.2, 0.25) is 0 Å². The molecule has 6 nitrogen and oxygen atoms in total. The van der Waals surface area contributed by atoms with E-state index in [1.165, 1.54) is 4.90 Å². The van der Waals surface area contributed by atoms with Gasteiger partial charge in [0, 0.05) is 19.7 Å². The van der Waals surface area contributed by atoms with E-state index in [0.29, 0.717) is 13.1 Å². The molecular weight excluding hydrogens is 222 g/mol. The van der Waals surface area contributed by atoms with Gasteiger partial charge in [-0.2, -0.15) is 5.26 Å². The summed E-state index contributed by atoms with van der Waals surface area (Å²) >= 11 is 0. The first kappa shape index (κ1) is 13.5. The second kappa shape index (κ2) is 6.86. The van der Waals surface area contributed by atoms with E-state index in [1.54, 1.807) is 6.07 Å². The van der Waals surface area contributed by atoms with Gasteiger partial charge in [-0.1, -0.05) is 0 Å². The third kappa shape index (κ3) is 4.04. The molecule has 17 heavy (non-hydrogen) atoms. The van der Waals surface area contributed by atoms with Crippen LogP contribution in [0.4, 0.5) is 0 Å². The monoisotopic (exact) mass is 239 g/mol. The Kier molecular flexibility index (Phi) is 5.43. The van der Waals surface area contributed by atoms with Crippen LogP contribution in [0.3, 0.4) is 0 Å². The van der Waals surface area contributed by atoms with Gasteiger partial charge < -0.3 is 15.0 Å². The minimum absolute atomic E-state index is 0.0302. The second-order valence-electron chi connectivity index (χ2n) is 3.82. The first-order valence-corrected chi connectivity index (χ1v) is 5.74. The first-order chi connectivity index (χ1) is 8.19. The van der Waals surface area contributed by atoms with E-state index in [4.69, 9.17) is 10.00 Å². The van der Waals surface area contributed by atoms with Crippen molar-refractivity contribution in [3.63, 3.8) is 0 Å². The van der Waals surface area contributed by atoms with E-state index in [9.17, 15) is 9.59 Å². The minimum atomic E-state index is -0.730. The Morgan fingerprint density at radius 2 is 2.35 bits per heavy atom. The van der Waals surface area contributed by atoms with Gasteiger partial charge in [0.05, 0.1) is 12.2 Å². The standard InChI is InChI=1S/C11H17N3O3/c1-2-14(8-9-4-3-7-17-9)11(16)10(15)13-6-5-12/h9H,2-4,6-8H2,1H3,(H,13,15). The van der Waals surface area contributed by atoms with Crippen LogP contribution < -0.4 is 5.32 Å². The Balaban J connectivity index is 2.45. The molecule has 0 aromatic rings. The molecule has 1 heterocycles. The van der Waals surface area contributed by atoms with Gasteiger partial charge in [-0.05, 0) is 19.8 Å². The average molecular weight is 239 g/mol. The van der Waals surface area contributed by atoms with Crippen molar-refractivity contribution in [1.82, 2.24) is 10.2 Å². The molecule has 0 aliphatic carbocycles. The van der Waals surface area contributed by atoms with Crippen molar-refractivity contribution in [1.29, 1.82) is 5.26 Å². The molecule has 1 unspecified atom stereocenters. The molecule has 0 saturated carbocycles. The zero-order chi connectivity index (χ0) is 12.7. The number of rotatable bonds is 4. The molecule has 1 saturated heterocycles. The van der Waals surface area contributed by atoms with Gasteiger partial charge in [0.1, 0.15) is 6.54 Å². The summed E-state index contributed by atoms with van der Waals surface area (Å²) < 4.78 is 5.42. The fraction of sp³-hybridized carbons (Fsp3) is 0.727. The number of carbonyl (C=O) groups is 2. The van der Waals surface area contributed by atoms with E-state index in [1.807, 2.05) is 6.92 Å². The van der Waals surface area contributed by atoms with Crippen LogP contribution in [0.25, 0.3) is 0 Å². The van der Waals surface area contributed by atoms with Crippen LogP contribution >= 0.6 is 0 Å². The minimum Gasteiger partial charge on any atom is -0.376 e. The number of nitrogens with one attached hydrogen (secondary N) is 1. The number of amides is 2. The molecule has 6 heteroatoms. The van der Waals surface area contributed by atoms with Crippen molar-refractivity contribution in [2.45, 2.75) is 25.9 Å². The summed E-state index contributed by atoms with van der Waals surface area (Å²) in [6.07, 6.45) is 1.95. The lowest BCUT2D eigenvalue weighted by atomic mass is 10.2. The predicted molar refractivity (Wildman–Crippen MR) is 59.9 cm³/mol. The summed E-state index contributed by atoms with van der Waals surface area (Å²) in [5.41, 5.74) is 0. The number of nitrogens with zero attached hydrogens (tertiary/aromatic N) is 2. The maximum atomic E-state index is 11.7. The molecule has 1 atom stereocenters. The SMILES string of the molecule is CCN(CC1CCCO1)C(=O)C(=O)NCC#N. The second-order valence-corrected chi connectivity index (χ2v) is 3.82. The van der Waals surface area contributed by atoms with Gasteiger partial charge >= 0.3 is 11.8 Å². The van der Waals surface area contributed by atoms with Gasteiger partial charge in [0.15, 0.2) is 0 Å². The Morgan fingerprint density at radius 3 is 2.88 bits per heavy atom. The fourth-order valence-corrected chi connectivity index (χ4v) is 1.73. The molecule has 1 N–H and O–H groups in total. The quantitative estimate of drug-likeness (QED) is 0.537. The number of hydrogen-bond acceptors (Lipinski definition) is 4. The van der Waals surface area contributed by atoms with Gasteiger partial charge in [-0.3, -0.25) is 9.59 Å². The fourth-order valence-electron chi connectivity index (χ4n) is 1.73. The lowest BCUT2D eigenvalue weighted by molar-refractivity contribution is -0.146. The molecule has 1 aliphatic rings. The van der Waals surface area contributed by atoms with Crippen LogP contribution in [0, 0.1) is 11.3 Å². The number of likely N-dealkylation sites (N-methyl/N-ethyl adjacent to an activating group) is 1. The Morgan fingerprint density at radius 1 is 1.59 bits per heavy atom. The van der Waals surface area contributed by atoms with Crippen molar-refractivity contribution in [3.05, 3.63) is 0 Å². The van der Waals surface area contributed by atoms with Crippen molar-refractivity contribution in [3.8, 4) is 6.07 Å². The van der Waals surface area contributed by atoms with Crippen molar-refractivity contribution >= 4 is 11.8 Å². The summed E-state index contributed by atoms with van der Waals surface area (Å²) in [5, 5.41) is 10.6. The maximum absolute atomic E-state index is 11.7. The zero-order valence-electron chi connectivity index (χ0n) is 9.94. The number of nitriles is 1. The Bertz CT molecular complexity index is 318. The number of hydrogen-bond donors (Lipinski definition) is 1. The van der Waals surface area contributed by atoms with Crippen LogP contribution in [-0.4, -0.2) is 49.1 Å². The molecule has 0 spiro atoms. The van der Waals surface area contributed by atoms with Crippen LogP contribution in [-0.2, 0) is 14.3 Å². The summed E-state index contributed by atoms with van der Waals surface area (Å²) in [7, 11) is 0. The highest BCUT2D eigenvalue weighted by molar-refractivity contribution is 6.35. The Hall–Kier alpha value is -1.61. The van der Waals surface area contributed by atoms with E-state index in [2.05, 4.69) is 5.32 Å². The molecule has 1 rings (SSSR count). The molecule has 0 bridgehead atoms. The first-order valence-electron chi connectivity index (χ1n) is 5.74. The van der Waals surface area contributed by atoms with Gasteiger partial charge in [0.25, 0.3) is 0 Å². The van der Waals surface area contributed by atoms with Crippen molar-refractivity contribution < 1.29 is 14.3 Å². The third-order valence-corrected chi connectivity index (χ3v) is 2.64. The van der Waals surface area contributed by atoms with E-state index < -0.39 is 11.8 Å². The van der Waals surface area contributed by atoms with Crippen molar-refractivity contribution in [2.75, 3.05) is 26.2 Å². The molecule has 0 aromatic heterocycles. The number of ether oxygens (including phenoxy) is 1. The normalized spacial score (nSPS) is 18.5. The topological polar surface area (TPSA) is 82.4 Å². The van der Waals surface area contributed by atoms with E-state index >= 15 is 0 Å². The highest BCUT2D eigenvalue weighted by atomic mass is 16.5. The summed E-state index contributed by atoms with van der Waals surface area (Å²) in [4.78, 5) is 24.5. The van der Waals surface area contributed by atoms with Crippen LogP contribution in [0.5, 0.6) is 0 Å². The zero-order valence-corrected chi connectivity index (χ0v) is 9.94. The maximum Gasteiger partial charge on any atom is 0.311 e. The molecule has 2 amide bonds. The van der Waals surface area contributed by atoms with Crippen LogP contribution in [0.15, 0.2) is 0 Å². The molecule has 0 aromatic carbocycles. The van der Waals surface area contributed by atoms with Gasteiger partial charge in [-0.15, -0.1) is 0 Å². The van der Waals surface area contributed by atoms with E-state index in [-0.39, 0.29) is 12.6 Å². The average Bonchev–Trinajstić information content (AvgIpc) is 2.84. The van der Waals surface area contributed by atoms with Crippen molar-refractivity contribution in [2.24, 2.45) is 0 Å². The third-order valence-electron chi connectivity index (χ3n) is 2.64. The van der Waals surface area contributed by atoms with Gasteiger partial charge in [-0.25, -0.2) is 0 Å². The molecule has 1 aliphatic heterocycles. The molecular formula is C11H17N3O3. The highest BCUT2D eigenvalue weighted by Crippen LogP contribution is 2.13. The number of carbonyl (C=O) groups excluding carboxylic acids is 2. The van der Waals surface area contributed by atoms with E-state index in [0.717, 1.165) is 19.4 Å². The Labute approximate surface area is 101 Å². The molecule has 0 radical (unpaired) electrons. The van der Waals surface area contributed by atoms with Crippen LogP contribution in [0.1, 0.15) is 19.8 Å². The largest absolute Gasteiger partial charge is 0.376 e. The van der Waals surface area contributed by atoms with Crippen LogP contribution in [0.2, 0.25) is 0 Å². The summed E-state index contributed by atoms with van der Waals surface area (Å²) in [6, 6.07) is 1.76. The summed E-state index contributed by atoms with van der Waals surface area (Å²) in [5.74, 6) is -1.33. The highest BCUT2D eigenvalue weighted by Gasteiger charge is 2.25. The smallest absolute Gasteiger partial charge is 0.311 e. The molecule has 94 valence electrons.